The molecule has 2 aliphatic heterocycles. The Hall–Kier alpha value is -3.27. The number of primary amides is 1. The maximum absolute atomic E-state index is 14.6. The average molecular weight is 358 g/mol. The zero-order valence-electron chi connectivity index (χ0n) is 13.7. The van der Waals surface area contributed by atoms with Crippen LogP contribution in [0.3, 0.4) is 0 Å². The lowest BCUT2D eigenvalue weighted by molar-refractivity contribution is -0.145. The predicted octanol–water partition coefficient (Wildman–Crippen LogP) is -0.364. The summed E-state index contributed by atoms with van der Waals surface area (Å²) in [4.78, 5) is 28.6. The van der Waals surface area contributed by atoms with Gasteiger partial charge in [-0.3, -0.25) is 14.5 Å². The molecule has 9 nitrogen and oxygen atoms in total. The molecular formula is C16H15FN6O3. The first kappa shape index (κ1) is 16.2. The summed E-state index contributed by atoms with van der Waals surface area (Å²) in [5.74, 6) is -2.94. The van der Waals surface area contributed by atoms with E-state index in [2.05, 4.69) is 15.5 Å². The number of hydrogen-bond acceptors (Lipinski definition) is 6. The van der Waals surface area contributed by atoms with Crippen LogP contribution in [-0.4, -0.2) is 51.1 Å². The van der Waals surface area contributed by atoms with Crippen LogP contribution >= 0.6 is 0 Å². The van der Waals surface area contributed by atoms with Crippen LogP contribution in [0.1, 0.15) is 5.56 Å². The molecule has 0 radical (unpaired) electrons. The van der Waals surface area contributed by atoms with Gasteiger partial charge in [0.25, 0.3) is 0 Å². The number of aliphatic carboxylic acids is 1. The Morgan fingerprint density at radius 3 is 2.88 bits per heavy atom. The van der Waals surface area contributed by atoms with Gasteiger partial charge in [0.1, 0.15) is 5.82 Å². The lowest BCUT2D eigenvalue weighted by Gasteiger charge is -2.30. The number of rotatable bonds is 3. The van der Waals surface area contributed by atoms with Crippen molar-refractivity contribution >= 4 is 29.0 Å². The lowest BCUT2D eigenvalue weighted by Crippen LogP contribution is -2.54. The fourth-order valence-electron chi connectivity index (χ4n) is 3.48. The average Bonchev–Trinajstić information content (AvgIpc) is 3.12. The van der Waals surface area contributed by atoms with Crippen LogP contribution < -0.4 is 11.2 Å². The summed E-state index contributed by atoms with van der Waals surface area (Å²) in [5, 5.41) is 15.9. The highest BCUT2D eigenvalue weighted by molar-refractivity contribution is 6.08. The Morgan fingerprint density at radius 2 is 2.19 bits per heavy atom. The Bertz CT molecular complexity index is 1030. The Morgan fingerprint density at radius 1 is 1.42 bits per heavy atom. The summed E-state index contributed by atoms with van der Waals surface area (Å²) in [6.07, 6.45) is 2.89. The molecule has 0 fully saturated rings. The number of carboxylic acids is 1. The molecule has 134 valence electrons. The van der Waals surface area contributed by atoms with Crippen LogP contribution in [0.5, 0.6) is 0 Å². The van der Waals surface area contributed by atoms with Gasteiger partial charge in [-0.25, -0.2) is 14.6 Å². The third kappa shape index (κ3) is 2.05. The van der Waals surface area contributed by atoms with Crippen LogP contribution in [0.2, 0.25) is 0 Å². The van der Waals surface area contributed by atoms with E-state index in [1.807, 2.05) is 0 Å². The summed E-state index contributed by atoms with van der Waals surface area (Å²) < 4.78 is 16.0. The number of halogens is 1. The number of benzene rings is 1. The minimum Gasteiger partial charge on any atom is -0.479 e. The Labute approximate surface area is 146 Å². The number of carbonyl (C=O) groups excluding carboxylic acids is 1. The number of aryl methyl sites for hydroxylation is 1. The lowest BCUT2D eigenvalue weighted by atomic mass is 9.82. The minimum absolute atomic E-state index is 0.0257. The Balaban J connectivity index is 2.02. The van der Waals surface area contributed by atoms with E-state index in [1.165, 1.54) is 28.2 Å². The summed E-state index contributed by atoms with van der Waals surface area (Å²) in [6.45, 7) is 0.776. The fraction of sp³-hybridized carbons (Fsp3) is 0.250. The van der Waals surface area contributed by atoms with Crippen molar-refractivity contribution in [3.05, 3.63) is 41.0 Å². The van der Waals surface area contributed by atoms with Gasteiger partial charge in [0.05, 0.1) is 35.3 Å². The first-order chi connectivity index (χ1) is 12.3. The summed E-state index contributed by atoms with van der Waals surface area (Å²) in [5.41, 5.74) is 6.68. The van der Waals surface area contributed by atoms with Gasteiger partial charge in [-0.2, -0.15) is 5.10 Å². The summed E-state index contributed by atoms with van der Waals surface area (Å²) >= 11 is 0. The van der Waals surface area contributed by atoms with Crippen molar-refractivity contribution in [1.29, 1.82) is 0 Å². The van der Waals surface area contributed by atoms with Crippen molar-refractivity contribution in [2.75, 3.05) is 13.1 Å². The standard InChI is InChI=1S/C16H15FN6O3/c1-22-7-9-10(17)4-8(5-11(9)20-22)16(15(25)26)13(14(18)24)12-6-19-2-3-23(12)21-16/h4-7,21H,2-3H2,1H3,(H2,18,24)(H,25,26). The highest BCUT2D eigenvalue weighted by Gasteiger charge is 2.54. The molecule has 4 rings (SSSR count). The normalized spacial score (nSPS) is 22.2. The smallest absolute Gasteiger partial charge is 0.335 e. The van der Waals surface area contributed by atoms with Gasteiger partial charge in [0, 0.05) is 19.5 Å². The van der Waals surface area contributed by atoms with Crippen molar-refractivity contribution in [1.82, 2.24) is 20.2 Å². The molecule has 1 aromatic heterocycles. The number of aliphatic imine (C=N–C) groups is 1. The molecular weight excluding hydrogens is 343 g/mol. The van der Waals surface area contributed by atoms with Gasteiger partial charge in [-0.1, -0.05) is 0 Å². The number of aromatic nitrogens is 2. The number of nitrogens with two attached hydrogens (primary N) is 1. The van der Waals surface area contributed by atoms with E-state index in [1.54, 1.807) is 7.05 Å². The molecule has 2 aromatic rings. The van der Waals surface area contributed by atoms with Crippen molar-refractivity contribution in [3.8, 4) is 0 Å². The molecule has 1 atom stereocenters. The largest absolute Gasteiger partial charge is 0.479 e. The molecule has 0 bridgehead atoms. The molecule has 1 amide bonds. The van der Waals surface area contributed by atoms with Crippen LogP contribution in [0.4, 0.5) is 4.39 Å². The van der Waals surface area contributed by atoms with Crippen molar-refractivity contribution in [2.45, 2.75) is 5.54 Å². The van der Waals surface area contributed by atoms with Gasteiger partial charge in [-0.15, -0.1) is 0 Å². The molecule has 10 heteroatoms. The molecule has 1 unspecified atom stereocenters. The van der Waals surface area contributed by atoms with Gasteiger partial charge in [0.2, 0.25) is 5.91 Å². The van der Waals surface area contributed by atoms with E-state index in [9.17, 15) is 19.1 Å². The number of hydrogen-bond donors (Lipinski definition) is 3. The first-order valence-corrected chi connectivity index (χ1v) is 7.81. The van der Waals surface area contributed by atoms with Gasteiger partial charge < -0.3 is 15.8 Å². The van der Waals surface area contributed by atoms with Crippen LogP contribution in [0.25, 0.3) is 10.9 Å². The second-order valence-electron chi connectivity index (χ2n) is 6.17. The molecule has 0 aliphatic carbocycles. The van der Waals surface area contributed by atoms with Crippen LogP contribution in [0.15, 0.2) is 34.6 Å². The van der Waals surface area contributed by atoms with Crippen LogP contribution in [-0.2, 0) is 22.2 Å². The zero-order valence-corrected chi connectivity index (χ0v) is 13.7. The van der Waals surface area contributed by atoms with Gasteiger partial charge in [0.15, 0.2) is 5.54 Å². The van der Waals surface area contributed by atoms with Crippen molar-refractivity contribution in [2.24, 2.45) is 17.8 Å². The molecule has 0 spiro atoms. The molecule has 0 saturated carbocycles. The number of fused-ring (bicyclic) bond motifs is 2. The highest BCUT2D eigenvalue weighted by atomic mass is 19.1. The number of carbonyl (C=O) groups is 2. The molecule has 2 aliphatic rings. The van der Waals surface area contributed by atoms with E-state index in [0.717, 1.165) is 6.07 Å². The number of allylic oxidation sites excluding steroid dienone is 1. The quantitative estimate of drug-likeness (QED) is 0.688. The monoisotopic (exact) mass is 358 g/mol. The van der Waals surface area contributed by atoms with Crippen molar-refractivity contribution < 1.29 is 19.1 Å². The Kier molecular flexibility index (Phi) is 3.34. The number of nitrogens with zero attached hydrogens (tertiary/aromatic N) is 4. The minimum atomic E-state index is -2.02. The number of carboxylic acid groups (broad SMARTS) is 1. The number of hydrazine groups is 1. The maximum atomic E-state index is 14.6. The number of nitrogens with one attached hydrogen (secondary N) is 1. The second kappa shape index (κ2) is 5.36. The van der Waals surface area contributed by atoms with E-state index in [-0.39, 0.29) is 27.7 Å². The third-order valence-electron chi connectivity index (χ3n) is 4.58. The van der Waals surface area contributed by atoms with E-state index >= 15 is 0 Å². The third-order valence-corrected chi connectivity index (χ3v) is 4.58. The highest BCUT2D eigenvalue weighted by Crippen LogP contribution is 2.40. The van der Waals surface area contributed by atoms with Crippen LogP contribution in [0, 0.1) is 5.82 Å². The molecule has 1 aromatic carbocycles. The zero-order chi connectivity index (χ0) is 18.6. The molecule has 26 heavy (non-hydrogen) atoms. The predicted molar refractivity (Wildman–Crippen MR) is 89.4 cm³/mol. The van der Waals surface area contributed by atoms with E-state index in [0.29, 0.717) is 13.1 Å². The topological polar surface area (TPSA) is 126 Å². The number of amides is 1. The fourth-order valence-corrected chi connectivity index (χ4v) is 3.48. The van der Waals surface area contributed by atoms with E-state index < -0.39 is 23.2 Å². The molecule has 4 N–H and O–H groups in total. The second-order valence-corrected chi connectivity index (χ2v) is 6.17. The van der Waals surface area contributed by atoms with Gasteiger partial charge in [-0.05, 0) is 17.7 Å². The summed E-state index contributed by atoms with van der Waals surface area (Å²) in [6, 6.07) is 2.53. The summed E-state index contributed by atoms with van der Waals surface area (Å²) in [7, 11) is 1.63. The first-order valence-electron chi connectivity index (χ1n) is 7.81. The van der Waals surface area contributed by atoms with Gasteiger partial charge >= 0.3 is 5.97 Å². The van der Waals surface area contributed by atoms with E-state index in [4.69, 9.17) is 5.73 Å². The SMILES string of the molecule is Cn1cc2c(F)cc(C3(C(=O)O)NN4CCN=CC4=C3C(N)=O)cc2n1. The molecule has 3 heterocycles. The maximum Gasteiger partial charge on any atom is 0.335 e. The molecule has 0 saturated heterocycles. The van der Waals surface area contributed by atoms with Crippen molar-refractivity contribution in [3.63, 3.8) is 0 Å².